The fraction of sp³-hybridized carbons (Fsp3) is 0.435. The van der Waals surface area contributed by atoms with Crippen molar-refractivity contribution < 1.29 is 18.0 Å². The monoisotopic (exact) mass is 449 g/mol. The fourth-order valence-electron chi connectivity index (χ4n) is 5.66. The van der Waals surface area contributed by atoms with Gasteiger partial charge in [0.1, 0.15) is 0 Å². The van der Waals surface area contributed by atoms with E-state index in [0.29, 0.717) is 0 Å². The minimum atomic E-state index is -4.54. The minimum Gasteiger partial charge on any atom is -0.348 e. The molecular weight excluding hydrogens is 427 g/mol. The van der Waals surface area contributed by atoms with Crippen molar-refractivity contribution in [3.8, 4) is 0 Å². The third kappa shape index (κ3) is 3.62. The number of nitrogens with one attached hydrogen (secondary N) is 1. The lowest BCUT2D eigenvalue weighted by Crippen LogP contribution is -2.70. The summed E-state index contributed by atoms with van der Waals surface area (Å²) in [5.74, 6) is -0.355. The highest BCUT2D eigenvalue weighted by atomic mass is 35.5. The number of alkyl halides is 3. The van der Waals surface area contributed by atoms with Crippen LogP contribution in [-0.2, 0) is 11.6 Å². The van der Waals surface area contributed by atoms with Gasteiger partial charge in [0.15, 0.2) is 0 Å². The molecule has 6 rings (SSSR count). The summed E-state index contributed by atoms with van der Waals surface area (Å²) in [5.41, 5.74) is -0.175. The molecule has 4 nitrogen and oxygen atoms in total. The Labute approximate surface area is 184 Å². The highest BCUT2D eigenvalue weighted by molar-refractivity contribution is 6.33. The van der Waals surface area contributed by atoms with Crippen LogP contribution in [-0.4, -0.2) is 61.0 Å². The predicted octanol–water partition coefficient (Wildman–Crippen LogP) is 3.66. The maximum atomic E-state index is 13.2. The van der Waals surface area contributed by atoms with Gasteiger partial charge in [0.25, 0.3) is 5.91 Å². The average molecular weight is 450 g/mol. The second-order valence-electron chi connectivity index (χ2n) is 8.90. The highest BCUT2D eigenvalue weighted by Crippen LogP contribution is 2.43. The summed E-state index contributed by atoms with van der Waals surface area (Å²) in [6.07, 6.45) is -4.54. The van der Waals surface area contributed by atoms with Gasteiger partial charge in [-0.15, -0.1) is 0 Å². The van der Waals surface area contributed by atoms with Gasteiger partial charge in [-0.1, -0.05) is 41.9 Å². The van der Waals surface area contributed by atoms with Gasteiger partial charge in [0, 0.05) is 56.6 Å². The number of halogens is 4. The van der Waals surface area contributed by atoms with Crippen LogP contribution in [0.1, 0.15) is 21.5 Å². The molecule has 4 saturated heterocycles. The Morgan fingerprint density at radius 3 is 2.29 bits per heavy atom. The molecule has 0 radical (unpaired) electrons. The molecular formula is C23H23ClF3N3O. The van der Waals surface area contributed by atoms with E-state index in [0.717, 1.165) is 63.0 Å². The molecule has 4 bridgehead atoms. The van der Waals surface area contributed by atoms with Gasteiger partial charge < -0.3 is 15.1 Å². The summed E-state index contributed by atoms with van der Waals surface area (Å²) in [7, 11) is 0. The van der Waals surface area contributed by atoms with Crippen molar-refractivity contribution >= 4 is 17.5 Å². The van der Waals surface area contributed by atoms with Gasteiger partial charge in [-0.2, -0.15) is 13.2 Å². The zero-order chi connectivity index (χ0) is 21.8. The molecule has 0 saturated carbocycles. The van der Waals surface area contributed by atoms with Crippen LogP contribution in [0, 0.1) is 5.92 Å². The normalized spacial score (nSPS) is 32.0. The summed E-state index contributed by atoms with van der Waals surface area (Å²) in [6.45, 7) is 5.34. The largest absolute Gasteiger partial charge is 0.416 e. The minimum absolute atomic E-state index is 0.0211. The highest BCUT2D eigenvalue weighted by Gasteiger charge is 2.55. The lowest BCUT2D eigenvalue weighted by molar-refractivity contribution is -0.137. The van der Waals surface area contributed by atoms with E-state index in [2.05, 4.69) is 27.2 Å². The molecule has 4 heterocycles. The zero-order valence-electron chi connectivity index (χ0n) is 16.8. The van der Waals surface area contributed by atoms with Crippen LogP contribution in [0.2, 0.25) is 5.02 Å². The van der Waals surface area contributed by atoms with Gasteiger partial charge in [0.05, 0.1) is 16.1 Å². The quantitative estimate of drug-likeness (QED) is 0.777. The molecule has 4 fully saturated rings. The van der Waals surface area contributed by atoms with E-state index in [-0.39, 0.29) is 28.0 Å². The molecule has 0 aromatic heterocycles. The molecule has 4 aliphatic heterocycles. The lowest BCUT2D eigenvalue weighted by atomic mass is 9.64. The third-order valence-electron chi connectivity index (χ3n) is 6.97. The second kappa shape index (κ2) is 7.50. The molecule has 8 heteroatoms. The third-order valence-corrected chi connectivity index (χ3v) is 7.30. The van der Waals surface area contributed by atoms with Crippen LogP contribution in [0.25, 0.3) is 0 Å². The van der Waals surface area contributed by atoms with Crippen molar-refractivity contribution in [1.29, 1.82) is 0 Å². The Balaban J connectivity index is 1.52. The first-order valence-corrected chi connectivity index (χ1v) is 10.8. The van der Waals surface area contributed by atoms with Crippen LogP contribution in [0.15, 0.2) is 48.5 Å². The van der Waals surface area contributed by atoms with Crippen molar-refractivity contribution in [3.63, 3.8) is 0 Å². The van der Waals surface area contributed by atoms with E-state index in [1.54, 1.807) is 0 Å². The van der Waals surface area contributed by atoms with Crippen LogP contribution >= 0.6 is 11.6 Å². The van der Waals surface area contributed by atoms with E-state index >= 15 is 0 Å². The number of piperidine rings is 2. The summed E-state index contributed by atoms with van der Waals surface area (Å²) < 4.78 is 39.6. The summed E-state index contributed by atoms with van der Waals surface area (Å²) in [5, 5.41) is 3.14. The zero-order valence-corrected chi connectivity index (χ0v) is 17.6. The fourth-order valence-corrected chi connectivity index (χ4v) is 5.87. The summed E-state index contributed by atoms with van der Waals surface area (Å²) >= 11 is 6.14. The van der Waals surface area contributed by atoms with E-state index in [1.165, 1.54) is 0 Å². The first-order chi connectivity index (χ1) is 14.8. The number of benzene rings is 2. The van der Waals surface area contributed by atoms with E-state index in [1.807, 2.05) is 18.2 Å². The van der Waals surface area contributed by atoms with Crippen LogP contribution in [0.4, 0.5) is 13.2 Å². The van der Waals surface area contributed by atoms with Crippen molar-refractivity contribution in [2.45, 2.75) is 17.6 Å². The maximum Gasteiger partial charge on any atom is 0.416 e. The van der Waals surface area contributed by atoms with Crippen molar-refractivity contribution in [2.75, 3.05) is 39.3 Å². The van der Waals surface area contributed by atoms with Gasteiger partial charge in [-0.3, -0.25) is 4.79 Å². The number of hydrogen-bond acceptors (Lipinski definition) is 3. The van der Waals surface area contributed by atoms with Gasteiger partial charge in [-0.25, -0.2) is 0 Å². The molecule has 0 aliphatic carbocycles. The number of carbonyl (C=O) groups is 1. The van der Waals surface area contributed by atoms with Gasteiger partial charge >= 0.3 is 6.18 Å². The number of nitrogens with zero attached hydrogens (tertiary/aromatic N) is 2. The van der Waals surface area contributed by atoms with Crippen molar-refractivity contribution in [3.05, 3.63) is 70.2 Å². The van der Waals surface area contributed by atoms with Crippen molar-refractivity contribution in [1.82, 2.24) is 15.1 Å². The topological polar surface area (TPSA) is 35.6 Å². The number of hydrogen-bond donors (Lipinski definition) is 1. The van der Waals surface area contributed by atoms with Gasteiger partial charge in [0.2, 0.25) is 0 Å². The van der Waals surface area contributed by atoms with E-state index < -0.39 is 17.6 Å². The number of carbonyl (C=O) groups excluding carboxylic acids is 1. The van der Waals surface area contributed by atoms with Crippen LogP contribution < -0.4 is 5.32 Å². The van der Waals surface area contributed by atoms with Gasteiger partial charge in [-0.05, 0) is 23.8 Å². The first-order valence-electron chi connectivity index (χ1n) is 10.4. The summed E-state index contributed by atoms with van der Waals surface area (Å²) in [6, 6.07) is 12.9. The molecule has 2 aromatic rings. The summed E-state index contributed by atoms with van der Waals surface area (Å²) in [4.78, 5) is 18.1. The van der Waals surface area contributed by atoms with Crippen LogP contribution in [0.5, 0.6) is 0 Å². The molecule has 2 unspecified atom stereocenters. The molecule has 164 valence electrons. The molecule has 31 heavy (non-hydrogen) atoms. The lowest BCUT2D eigenvalue weighted by Gasteiger charge is -2.55. The predicted molar refractivity (Wildman–Crippen MR) is 112 cm³/mol. The van der Waals surface area contributed by atoms with E-state index in [9.17, 15) is 18.0 Å². The SMILES string of the molecule is O=C(N[C@H]1C2CN3CCN(C2)CC1(c1ccccc1)C3)c1cc(C(F)(F)F)ccc1Cl. The smallest absolute Gasteiger partial charge is 0.348 e. The molecule has 1 N–H and O–H groups in total. The first kappa shape index (κ1) is 20.8. The Morgan fingerprint density at radius 1 is 1.03 bits per heavy atom. The van der Waals surface area contributed by atoms with E-state index in [4.69, 9.17) is 11.6 Å². The Bertz CT molecular complexity index is 981. The van der Waals surface area contributed by atoms with Crippen molar-refractivity contribution in [2.24, 2.45) is 5.92 Å². The molecule has 2 aromatic carbocycles. The molecule has 1 amide bonds. The Morgan fingerprint density at radius 2 is 1.68 bits per heavy atom. The maximum absolute atomic E-state index is 13.2. The second-order valence-corrected chi connectivity index (χ2v) is 9.30. The Hall–Kier alpha value is -2.09. The number of fused-ring (bicyclic) bond motifs is 1. The Kier molecular flexibility index (Phi) is 5.03. The number of amides is 1. The average Bonchev–Trinajstić information content (AvgIpc) is 2.98. The molecule has 3 atom stereocenters. The molecule has 4 aliphatic rings. The number of rotatable bonds is 3. The van der Waals surface area contributed by atoms with Crippen LogP contribution in [0.3, 0.4) is 0 Å². The molecule has 0 spiro atoms. The standard InChI is InChI=1S/C23H23ClF3N3O/c24-19-7-6-17(23(25,26)27)10-18(19)21(31)28-20-15-11-29-8-9-30(12-15)14-22(20,13-29)16-4-2-1-3-5-16/h1-7,10,15,20H,8-9,11-14H2,(H,28,31)/t15?,20-,22?/m0/s1.